The van der Waals surface area contributed by atoms with Crippen LogP contribution < -0.4 is 41.8 Å². The van der Waals surface area contributed by atoms with E-state index in [4.69, 9.17) is 40.5 Å². The lowest BCUT2D eigenvalue weighted by atomic mass is 10.1. The highest BCUT2D eigenvalue weighted by Crippen LogP contribution is 2.30. The minimum atomic E-state index is -0.595. The minimum Gasteiger partial charge on any atom is -0.460 e. The lowest BCUT2D eigenvalue weighted by molar-refractivity contribution is 0.102. The molecule has 0 radical (unpaired) electrons. The number of hydrogen-bond donors (Lipinski definition) is 5. The Morgan fingerprint density at radius 3 is 1.07 bits per heavy atom. The van der Waals surface area contributed by atoms with Crippen LogP contribution in [-0.2, 0) is 26.2 Å². The molecule has 96 heavy (non-hydrogen) atoms. The van der Waals surface area contributed by atoms with Gasteiger partial charge < -0.3 is 19.2 Å². The molecule has 12 rings (SSSR count). The molecule has 0 unspecified atom stereocenters. The molecule has 470 valence electrons. The number of H-pyrrole nitrogens is 4. The van der Waals surface area contributed by atoms with E-state index in [1.54, 1.807) is 78.9 Å². The quantitative estimate of drug-likeness (QED) is 0.0566. The molecule has 5 N–H and O–H groups in total. The summed E-state index contributed by atoms with van der Waals surface area (Å²) >= 11 is 0. The number of carbonyl (C=O) groups excluding carboxylic acids is 1. The summed E-state index contributed by atoms with van der Waals surface area (Å²) in [5.41, 5.74) is 7.37. The van der Waals surface area contributed by atoms with Gasteiger partial charge in [0.15, 0.2) is 0 Å². The fourth-order valence-electron chi connectivity index (χ4n) is 9.21. The molecule has 21 nitrogen and oxygen atoms in total. The number of carbonyl (C=O) groups is 1. The second-order valence-corrected chi connectivity index (χ2v) is 20.6. The summed E-state index contributed by atoms with van der Waals surface area (Å²) in [5.74, 6) is -0.395. The van der Waals surface area contributed by atoms with Gasteiger partial charge in [-0.3, -0.25) is 44.2 Å². The van der Waals surface area contributed by atoms with Gasteiger partial charge in [-0.05, 0) is 70.0 Å². The summed E-state index contributed by atoms with van der Waals surface area (Å²) in [6, 6.07) is 70.7. The fraction of sp³-hybridized carbons (Fsp3) is 0.0800. The van der Waals surface area contributed by atoms with Crippen LogP contribution in [-0.4, -0.2) is 45.8 Å². The monoisotopic (exact) mass is 1270 g/mol. The number of aromatic amines is 4. The molecule has 0 saturated carbocycles. The minimum absolute atomic E-state index is 0.0000983. The van der Waals surface area contributed by atoms with Crippen LogP contribution in [0.4, 0.5) is 28.7 Å². The van der Waals surface area contributed by atoms with Crippen LogP contribution in [0.1, 0.15) is 45.1 Å². The van der Waals surface area contributed by atoms with Crippen molar-refractivity contribution in [2.24, 2.45) is 0 Å². The molecule has 12 aromatic rings. The summed E-state index contributed by atoms with van der Waals surface area (Å²) in [4.78, 5) is 101. The Hall–Kier alpha value is -13.9. The Morgan fingerprint density at radius 1 is 0.385 bits per heavy atom. The third-order valence-corrected chi connectivity index (χ3v) is 13.9. The summed E-state index contributed by atoms with van der Waals surface area (Å²) in [7, 11) is 0. The van der Waals surface area contributed by atoms with Crippen molar-refractivity contribution < 1.29 is 19.0 Å². The molecule has 4 heterocycles. The third-order valence-electron chi connectivity index (χ3n) is 13.9. The highest BCUT2D eigenvalue weighted by molar-refractivity contribution is 6.03. The second-order valence-electron chi connectivity index (χ2n) is 20.6. The maximum absolute atomic E-state index is 12.2. The van der Waals surface area contributed by atoms with Crippen LogP contribution in [0.3, 0.4) is 0 Å². The lowest BCUT2D eigenvalue weighted by Crippen LogP contribution is -2.18. The Balaban J connectivity index is 0.000000150. The Bertz CT molecular complexity index is 5080. The van der Waals surface area contributed by atoms with Crippen LogP contribution in [0, 0.1) is 33.2 Å². The number of benzene rings is 8. The van der Waals surface area contributed by atoms with E-state index < -0.39 is 28.1 Å². The van der Waals surface area contributed by atoms with E-state index in [9.17, 15) is 24.0 Å². The first-order chi connectivity index (χ1) is 46.8. The van der Waals surface area contributed by atoms with Gasteiger partial charge in [-0.2, -0.15) is 0 Å². The Morgan fingerprint density at radius 2 is 0.698 bits per heavy atom. The number of aromatic nitrogens is 8. The first-order valence-corrected chi connectivity index (χ1v) is 29.6. The predicted molar refractivity (Wildman–Crippen MR) is 367 cm³/mol. The average Bonchev–Trinajstić information content (AvgIpc) is 0.853. The molecule has 0 fully saturated rings. The molecule has 0 atom stereocenters. The van der Waals surface area contributed by atoms with Gasteiger partial charge >= 0.3 is 0 Å². The van der Waals surface area contributed by atoms with E-state index in [1.807, 2.05) is 146 Å². The van der Waals surface area contributed by atoms with Gasteiger partial charge in [0.25, 0.3) is 68.9 Å². The molecule has 0 bridgehead atoms. The predicted octanol–water partition coefficient (Wildman–Crippen LogP) is 14.8. The van der Waals surface area contributed by atoms with Crippen molar-refractivity contribution in [3.8, 4) is 63.1 Å². The van der Waals surface area contributed by atoms with Crippen molar-refractivity contribution in [3.05, 3.63) is 351 Å². The maximum atomic E-state index is 12.2. The fourth-order valence-corrected chi connectivity index (χ4v) is 9.21. The number of nitrogens with zero attached hydrogens (tertiary/aromatic N) is 8. The topological polar surface area (TPSA) is 257 Å². The summed E-state index contributed by atoms with van der Waals surface area (Å²) in [6.07, 6.45) is 0.945. The van der Waals surface area contributed by atoms with Crippen LogP contribution in [0.25, 0.3) is 64.4 Å². The zero-order chi connectivity index (χ0) is 67.6. The number of amides is 1. The van der Waals surface area contributed by atoms with Gasteiger partial charge in [-0.15, -0.1) is 0 Å². The van der Waals surface area contributed by atoms with Gasteiger partial charge in [0.05, 0.1) is 49.1 Å². The van der Waals surface area contributed by atoms with E-state index in [1.165, 1.54) is 5.56 Å². The number of aryl methyl sites for hydroxylation is 2. The third kappa shape index (κ3) is 18.0. The Kier molecular flexibility index (Phi) is 23.0. The van der Waals surface area contributed by atoms with E-state index in [0.29, 0.717) is 51.5 Å². The smallest absolute Gasteiger partial charge is 0.295 e. The van der Waals surface area contributed by atoms with Crippen molar-refractivity contribution in [3.63, 3.8) is 0 Å². The van der Waals surface area contributed by atoms with E-state index in [2.05, 4.69) is 83.6 Å². The molecular formula is C75H57N13O8. The van der Waals surface area contributed by atoms with Crippen molar-refractivity contribution in [2.45, 2.75) is 40.1 Å². The van der Waals surface area contributed by atoms with E-state index in [0.717, 1.165) is 28.7 Å². The molecule has 4 aromatic heterocycles. The van der Waals surface area contributed by atoms with Crippen LogP contribution in [0.5, 0.6) is 18.0 Å². The molecule has 1 amide bonds. The van der Waals surface area contributed by atoms with Crippen molar-refractivity contribution in [1.29, 1.82) is 0 Å². The summed E-state index contributed by atoms with van der Waals surface area (Å²) in [5, 5.41) is 2.55. The van der Waals surface area contributed by atoms with E-state index in [-0.39, 0.29) is 65.6 Å². The van der Waals surface area contributed by atoms with Gasteiger partial charge in [0, 0.05) is 5.56 Å². The number of ether oxygens (including phenoxy) is 3. The van der Waals surface area contributed by atoms with Crippen LogP contribution in [0.2, 0.25) is 0 Å². The highest BCUT2D eigenvalue weighted by atomic mass is 16.5. The molecule has 0 spiro atoms. The summed E-state index contributed by atoms with van der Waals surface area (Å²) < 4.78 is 16.8. The van der Waals surface area contributed by atoms with Crippen molar-refractivity contribution in [2.75, 3.05) is 5.32 Å². The number of nitrogens with one attached hydrogen (secondary N) is 5. The largest absolute Gasteiger partial charge is 0.460 e. The zero-order valence-corrected chi connectivity index (χ0v) is 51.6. The normalized spacial score (nSPS) is 10.1. The molecule has 8 aromatic carbocycles. The molecule has 0 aliphatic heterocycles. The average molecular weight is 1270 g/mol. The molecule has 0 saturated heterocycles. The highest BCUT2D eigenvalue weighted by Gasteiger charge is 2.19. The number of anilines is 1. The van der Waals surface area contributed by atoms with E-state index >= 15 is 0 Å². The number of hydrogen-bond acceptors (Lipinski definition) is 12. The SMILES string of the molecule is [C-]#[N+]c1c(-c2ccccc2)nc(NC(=O)c2ccccc2)[nH]c1=O.[C-]#[N+]c1c(-c2ccccc2)nc(OCc2cccc(C)c2)[nH]c1=O.[C-]#[N+]c1c(-c2ccccc2)nc(OCc2cccc(CC)c2)[nH]c1=O.[C-]#[N+]c1c(-c2ccccc2)nc(OCc2ccccc2)[nH]c1=O. The van der Waals surface area contributed by atoms with Gasteiger partial charge in [0.2, 0.25) is 5.95 Å². The van der Waals surface area contributed by atoms with Crippen molar-refractivity contribution >= 4 is 34.6 Å². The van der Waals surface area contributed by atoms with Crippen LogP contribution >= 0.6 is 0 Å². The number of rotatable bonds is 16. The van der Waals surface area contributed by atoms with Gasteiger partial charge in [0.1, 0.15) is 19.8 Å². The van der Waals surface area contributed by atoms with Crippen LogP contribution in [0.15, 0.2) is 250 Å². The van der Waals surface area contributed by atoms with Crippen molar-refractivity contribution in [1.82, 2.24) is 39.9 Å². The summed E-state index contributed by atoms with van der Waals surface area (Å²) in [6.45, 7) is 33.8. The van der Waals surface area contributed by atoms with Gasteiger partial charge in [-0.25, -0.2) is 39.3 Å². The maximum Gasteiger partial charge on any atom is 0.295 e. The standard InChI is InChI=1S/C20H17N3O2.C19H15N3O2.C18H12N4O2.C18H13N3O2/c1-3-14-8-7-9-15(12-14)13-25-20-22-17(16-10-5-4-6-11-16)18(21-2)19(24)23-20;1-13-7-6-8-14(11-13)12-24-19-21-16(15-9-4-3-5-10-15)17(20-2)18(23)22-19;1-19-15-14(12-8-4-2-5-9-12)20-18(22-17(15)24)21-16(23)13-10-6-3-7-11-13;1-19-16-15(14-10-6-3-7-11-14)20-18(21-17(16)22)23-12-13-8-4-2-5-9-13/h4-12H,3,13H2,1H3,(H,22,23,24);3-11H,12H2,1H3,(H,21,22,23);2-11H,(H2,20,21,22,23,24);2-11H,12H2,(H,20,21,22). The molecular weight excluding hydrogens is 1210 g/mol. The first-order valence-electron chi connectivity index (χ1n) is 29.6. The second kappa shape index (κ2) is 33.3. The van der Waals surface area contributed by atoms with Gasteiger partial charge in [-0.1, -0.05) is 231 Å². The molecule has 21 heteroatoms. The molecule has 0 aliphatic carbocycles. The Labute approximate surface area is 550 Å². The molecule has 0 aliphatic rings. The lowest BCUT2D eigenvalue weighted by Gasteiger charge is -2.09. The zero-order valence-electron chi connectivity index (χ0n) is 51.6. The first kappa shape index (κ1) is 66.5.